The van der Waals surface area contributed by atoms with E-state index in [2.05, 4.69) is 15.6 Å². The van der Waals surface area contributed by atoms with Gasteiger partial charge in [-0.25, -0.2) is 0 Å². The molecule has 2 rings (SSSR count). The quantitative estimate of drug-likeness (QED) is 0.288. The highest BCUT2D eigenvalue weighted by Crippen LogP contribution is 2.22. The summed E-state index contributed by atoms with van der Waals surface area (Å²) < 4.78 is 0. The van der Waals surface area contributed by atoms with Crippen LogP contribution in [0.2, 0.25) is 0 Å². The van der Waals surface area contributed by atoms with Crippen molar-refractivity contribution in [2.45, 2.75) is 12.5 Å². The number of non-ortho nitro benzene ring substituents is 1. The summed E-state index contributed by atoms with van der Waals surface area (Å²) in [7, 11) is -1.71. The van der Waals surface area contributed by atoms with Crippen LogP contribution in [0.5, 0.6) is 0 Å². The van der Waals surface area contributed by atoms with Crippen molar-refractivity contribution < 1.29 is 24.6 Å². The van der Waals surface area contributed by atoms with Gasteiger partial charge in [-0.1, -0.05) is 12.1 Å². The smallest absolute Gasteiger partial charge is 0.426 e. The van der Waals surface area contributed by atoms with Gasteiger partial charge in [0.1, 0.15) is 0 Å². The molecule has 0 spiro atoms. The molecule has 0 aliphatic rings. The number of hydrogen-bond acceptors (Lipinski definition) is 7. The van der Waals surface area contributed by atoms with Gasteiger partial charge < -0.3 is 20.7 Å². The molecule has 0 saturated heterocycles. The van der Waals surface area contributed by atoms with Crippen LogP contribution in [0, 0.1) is 10.1 Å². The zero-order valence-corrected chi connectivity index (χ0v) is 14.1. The number of amides is 2. The number of rotatable bonds is 8. The lowest BCUT2D eigenvalue weighted by molar-refractivity contribution is -0.384. The molecule has 0 radical (unpaired) electrons. The van der Waals surface area contributed by atoms with Crippen molar-refractivity contribution in [3.8, 4) is 0 Å². The predicted molar refractivity (Wildman–Crippen MR) is 95.4 cm³/mol. The molecular weight excluding hydrogens is 355 g/mol. The Morgan fingerprint density at radius 2 is 2.04 bits per heavy atom. The molecule has 1 aromatic carbocycles. The number of nitrogens with zero attached hydrogens (tertiary/aromatic N) is 2. The molecule has 1 unspecified atom stereocenters. The van der Waals surface area contributed by atoms with Crippen LogP contribution in [0.3, 0.4) is 0 Å². The third kappa shape index (κ3) is 6.17. The normalized spacial score (nSPS) is 11.3. The van der Waals surface area contributed by atoms with Gasteiger partial charge in [0.05, 0.1) is 29.4 Å². The molecule has 27 heavy (non-hydrogen) atoms. The largest absolute Gasteiger partial charge is 0.472 e. The number of aromatic nitrogens is 1. The van der Waals surface area contributed by atoms with E-state index in [-0.39, 0.29) is 24.1 Å². The maximum atomic E-state index is 12.4. The summed E-state index contributed by atoms with van der Waals surface area (Å²) in [5, 5.41) is 33.6. The van der Waals surface area contributed by atoms with Crippen LogP contribution in [0.15, 0.2) is 48.8 Å². The summed E-state index contributed by atoms with van der Waals surface area (Å²) in [6, 6.07) is 7.81. The Kier molecular flexibility index (Phi) is 6.97. The topological polar surface area (TPSA) is 155 Å². The first-order chi connectivity index (χ1) is 12.9. The maximum absolute atomic E-state index is 12.4. The van der Waals surface area contributed by atoms with Crippen LogP contribution < -0.4 is 10.6 Å². The summed E-state index contributed by atoms with van der Waals surface area (Å²) in [5.41, 5.74) is 0.444. The highest BCUT2D eigenvalue weighted by atomic mass is 16.6. The molecule has 11 heteroatoms. The van der Waals surface area contributed by atoms with Crippen molar-refractivity contribution in [1.29, 1.82) is 0 Å². The third-order valence-corrected chi connectivity index (χ3v) is 3.58. The Hall–Kier alpha value is -3.31. The first kappa shape index (κ1) is 20.0. The highest BCUT2D eigenvalue weighted by molar-refractivity contribution is 6.41. The lowest BCUT2D eigenvalue weighted by Gasteiger charge is -2.19. The van der Waals surface area contributed by atoms with Crippen molar-refractivity contribution >= 4 is 24.6 Å². The fraction of sp³-hybridized carbons (Fsp3) is 0.188. The molecule has 2 aromatic rings. The van der Waals surface area contributed by atoms with Gasteiger partial charge in [0.2, 0.25) is 5.91 Å². The molecule has 1 atom stereocenters. The average Bonchev–Trinajstić information content (AvgIpc) is 2.66. The summed E-state index contributed by atoms with van der Waals surface area (Å²) in [5.74, 6) is -1.07. The second kappa shape index (κ2) is 9.41. The maximum Gasteiger partial charge on any atom is 0.472 e. The number of hydrogen-bond donors (Lipinski definition) is 4. The van der Waals surface area contributed by atoms with Crippen molar-refractivity contribution in [3.05, 3.63) is 70.0 Å². The molecule has 0 fully saturated rings. The summed E-state index contributed by atoms with van der Waals surface area (Å²) in [4.78, 5) is 38.7. The number of carbonyl (C=O) groups excluding carboxylic acids is 2. The van der Waals surface area contributed by atoms with Crippen molar-refractivity contribution in [1.82, 2.24) is 15.6 Å². The first-order valence-electron chi connectivity index (χ1n) is 7.95. The molecule has 0 aliphatic carbocycles. The molecule has 0 aliphatic heterocycles. The fourth-order valence-corrected chi connectivity index (χ4v) is 2.31. The lowest BCUT2D eigenvalue weighted by atomic mass is 9.92. The van der Waals surface area contributed by atoms with E-state index in [1.54, 1.807) is 12.1 Å². The zero-order chi connectivity index (χ0) is 19.8. The Balaban J connectivity index is 2.22. The van der Waals surface area contributed by atoms with E-state index in [9.17, 15) is 19.7 Å². The summed E-state index contributed by atoms with van der Waals surface area (Å²) in [6.45, 7) is 0. The molecule has 4 N–H and O–H groups in total. The monoisotopic (exact) mass is 372 g/mol. The van der Waals surface area contributed by atoms with Crippen LogP contribution in [0.25, 0.3) is 0 Å². The lowest BCUT2D eigenvalue weighted by Crippen LogP contribution is -2.38. The molecule has 140 valence electrons. The number of nitrogens with one attached hydrogen (secondary N) is 2. The molecule has 1 aromatic heterocycles. The standard InChI is InChI=1S/C16H17BN4O6/c22-15(19-10-17(24)25)8-14(11-3-1-5-13(7-11)21(26)27)20-16(23)12-4-2-6-18-9-12/h1-7,9,14,24-25H,8,10H2,(H,19,22)(H,20,23). The SMILES string of the molecule is O=C(CC(NC(=O)c1cccnc1)c1cccc([N+](=O)[O-])c1)NCB(O)O. The fourth-order valence-electron chi connectivity index (χ4n) is 2.31. The number of nitro benzene ring substituents is 1. The Morgan fingerprint density at radius 3 is 2.67 bits per heavy atom. The van der Waals surface area contributed by atoms with Crippen molar-refractivity contribution in [2.75, 3.05) is 6.44 Å². The van der Waals surface area contributed by atoms with Gasteiger partial charge in [-0.2, -0.15) is 0 Å². The highest BCUT2D eigenvalue weighted by Gasteiger charge is 2.22. The minimum Gasteiger partial charge on any atom is -0.426 e. The van der Waals surface area contributed by atoms with Gasteiger partial charge in [-0.15, -0.1) is 0 Å². The van der Waals surface area contributed by atoms with Crippen LogP contribution in [-0.4, -0.2) is 45.3 Å². The summed E-state index contributed by atoms with van der Waals surface area (Å²) >= 11 is 0. The average molecular weight is 372 g/mol. The molecular formula is C16H17BN4O6. The Labute approximate surface area is 154 Å². The van der Waals surface area contributed by atoms with Crippen LogP contribution >= 0.6 is 0 Å². The van der Waals surface area contributed by atoms with Crippen LogP contribution in [-0.2, 0) is 4.79 Å². The number of nitro groups is 1. The second-order valence-corrected chi connectivity index (χ2v) is 5.61. The van der Waals surface area contributed by atoms with Crippen LogP contribution in [0.1, 0.15) is 28.4 Å². The minimum absolute atomic E-state index is 0.181. The number of benzene rings is 1. The van der Waals surface area contributed by atoms with Gasteiger partial charge in [-0.3, -0.25) is 24.7 Å². The van der Waals surface area contributed by atoms with E-state index in [1.165, 1.54) is 36.7 Å². The van der Waals surface area contributed by atoms with Gasteiger partial charge in [0.15, 0.2) is 0 Å². The van der Waals surface area contributed by atoms with Crippen LogP contribution in [0.4, 0.5) is 5.69 Å². The van der Waals surface area contributed by atoms with E-state index in [1.807, 2.05) is 0 Å². The van der Waals surface area contributed by atoms with Gasteiger partial charge in [0, 0.05) is 24.5 Å². The van der Waals surface area contributed by atoms with Crippen molar-refractivity contribution in [3.63, 3.8) is 0 Å². The van der Waals surface area contributed by atoms with Gasteiger partial charge >= 0.3 is 7.12 Å². The van der Waals surface area contributed by atoms with E-state index in [4.69, 9.17) is 10.0 Å². The second-order valence-electron chi connectivity index (χ2n) is 5.61. The van der Waals surface area contributed by atoms with E-state index in [0.717, 1.165) is 0 Å². The predicted octanol–water partition coefficient (Wildman–Crippen LogP) is -0.0208. The molecule has 0 saturated carbocycles. The van der Waals surface area contributed by atoms with Gasteiger partial charge in [-0.05, 0) is 17.7 Å². The zero-order valence-electron chi connectivity index (χ0n) is 14.1. The Morgan fingerprint density at radius 1 is 1.26 bits per heavy atom. The summed E-state index contributed by atoms with van der Waals surface area (Å²) in [6.07, 6.45) is 2.22. The molecule has 1 heterocycles. The molecule has 2 amide bonds. The first-order valence-corrected chi connectivity index (χ1v) is 7.95. The van der Waals surface area contributed by atoms with Crippen molar-refractivity contribution in [2.24, 2.45) is 0 Å². The molecule has 0 bridgehead atoms. The molecule has 10 nitrogen and oxygen atoms in total. The van der Waals surface area contributed by atoms with Gasteiger partial charge in [0.25, 0.3) is 11.6 Å². The van der Waals surface area contributed by atoms with E-state index in [0.29, 0.717) is 5.56 Å². The third-order valence-electron chi connectivity index (χ3n) is 3.58. The Bertz CT molecular complexity index is 818. The van der Waals surface area contributed by atoms with E-state index >= 15 is 0 Å². The number of carbonyl (C=O) groups is 2. The van der Waals surface area contributed by atoms with E-state index < -0.39 is 29.9 Å². The minimum atomic E-state index is -1.71. The number of pyridine rings is 1.